The van der Waals surface area contributed by atoms with E-state index in [4.69, 9.17) is 9.47 Å². The summed E-state index contributed by atoms with van der Waals surface area (Å²) in [6, 6.07) is 16.2. The van der Waals surface area contributed by atoms with E-state index in [9.17, 15) is 19.5 Å². The normalized spacial score (nSPS) is 25.8. The lowest BCUT2D eigenvalue weighted by Crippen LogP contribution is -2.57. The van der Waals surface area contributed by atoms with E-state index < -0.39 is 29.6 Å². The van der Waals surface area contributed by atoms with Crippen molar-refractivity contribution < 1.29 is 29.0 Å². The lowest BCUT2D eigenvalue weighted by Gasteiger charge is -2.37. The molecule has 0 aromatic heterocycles. The second-order valence-electron chi connectivity index (χ2n) is 12.5. The summed E-state index contributed by atoms with van der Waals surface area (Å²) in [5.41, 5.74) is 0.475. The van der Waals surface area contributed by atoms with Gasteiger partial charge in [0.05, 0.1) is 24.5 Å². The van der Waals surface area contributed by atoms with Crippen molar-refractivity contribution in [3.05, 3.63) is 85.5 Å². The Morgan fingerprint density at radius 1 is 1.04 bits per heavy atom. The van der Waals surface area contributed by atoms with Gasteiger partial charge < -0.3 is 29.3 Å². The Bertz CT molecular complexity index is 1420. The first-order valence-electron chi connectivity index (χ1n) is 16.6. The first kappa shape index (κ1) is 34.9. The predicted molar refractivity (Wildman–Crippen MR) is 185 cm³/mol. The summed E-state index contributed by atoms with van der Waals surface area (Å²) >= 11 is 3.80. The average molecular weight is 709 g/mol. The molecule has 3 unspecified atom stereocenters. The molecular weight excluding hydrogens is 662 g/mol. The molecule has 252 valence electrons. The van der Waals surface area contributed by atoms with Gasteiger partial charge in [-0.3, -0.25) is 14.4 Å². The third-order valence-corrected chi connectivity index (χ3v) is 10.4. The number of carbonyl (C=O) groups is 3. The molecule has 3 fully saturated rings. The standard InChI is InChI=1S/C37H46BrN3O6/c1-4-20-39(25-26-14-10-9-11-15-26)36(45)33-37-24-29(38)32(47-37)30(31(37)35(44)41(33)22-12-7-8-13-23-42)34(43)40(21-5-2)27-16-18-28(19-17-27)46-6-3/h4-5,9-11,14-19,29-33,42H,1-2,6-8,12-13,20-25H2,3H3/t29?,30-,31+,32-,33?,37?/m1/s1. The zero-order valence-corrected chi connectivity index (χ0v) is 28.7. The number of nitrogens with zero attached hydrogens (tertiary/aromatic N) is 3. The highest BCUT2D eigenvalue weighted by Crippen LogP contribution is 2.60. The number of benzene rings is 2. The maximum Gasteiger partial charge on any atom is 0.248 e. The predicted octanol–water partition coefficient (Wildman–Crippen LogP) is 5.12. The Kier molecular flexibility index (Phi) is 11.6. The lowest BCUT2D eigenvalue weighted by atomic mass is 9.70. The van der Waals surface area contributed by atoms with Crippen LogP contribution in [-0.4, -0.2) is 88.0 Å². The number of fused-ring (bicyclic) bond motifs is 1. The lowest BCUT2D eigenvalue weighted by molar-refractivity contribution is -0.148. The first-order valence-corrected chi connectivity index (χ1v) is 17.5. The van der Waals surface area contributed by atoms with Gasteiger partial charge in [0.1, 0.15) is 17.4 Å². The van der Waals surface area contributed by atoms with Crippen LogP contribution in [-0.2, 0) is 25.7 Å². The summed E-state index contributed by atoms with van der Waals surface area (Å²) in [4.78, 5) is 48.8. The number of unbranched alkanes of at least 4 members (excludes halogenated alkanes) is 3. The second kappa shape index (κ2) is 15.6. The molecule has 2 bridgehead atoms. The molecule has 2 aromatic rings. The molecule has 2 aromatic carbocycles. The summed E-state index contributed by atoms with van der Waals surface area (Å²) in [5, 5.41) is 9.26. The van der Waals surface area contributed by atoms with Crippen LogP contribution in [0.25, 0.3) is 0 Å². The van der Waals surface area contributed by atoms with Crippen molar-refractivity contribution in [2.45, 2.75) is 68.1 Å². The molecule has 5 rings (SSSR count). The van der Waals surface area contributed by atoms with Crippen molar-refractivity contribution in [2.75, 3.05) is 37.7 Å². The molecular formula is C37H46BrN3O6. The maximum absolute atomic E-state index is 14.7. The van der Waals surface area contributed by atoms with Gasteiger partial charge in [0.15, 0.2) is 0 Å². The summed E-state index contributed by atoms with van der Waals surface area (Å²) in [5.74, 6) is -1.54. The summed E-state index contributed by atoms with van der Waals surface area (Å²) in [6.07, 6.45) is 6.22. The van der Waals surface area contributed by atoms with Crippen LogP contribution in [0.3, 0.4) is 0 Å². The molecule has 0 saturated carbocycles. The molecule has 10 heteroatoms. The number of rotatable bonds is 17. The topological polar surface area (TPSA) is 99.6 Å². The summed E-state index contributed by atoms with van der Waals surface area (Å²) < 4.78 is 12.4. The minimum absolute atomic E-state index is 0.117. The van der Waals surface area contributed by atoms with Gasteiger partial charge in [0.2, 0.25) is 17.7 Å². The smallest absolute Gasteiger partial charge is 0.248 e. The molecule has 3 amide bonds. The molecule has 6 atom stereocenters. The first-order chi connectivity index (χ1) is 22.8. The third kappa shape index (κ3) is 6.91. The highest BCUT2D eigenvalue weighted by molar-refractivity contribution is 9.09. The monoisotopic (exact) mass is 707 g/mol. The highest BCUT2D eigenvalue weighted by atomic mass is 79.9. The number of alkyl halides is 1. The number of hydrogen-bond acceptors (Lipinski definition) is 6. The maximum atomic E-state index is 14.7. The number of likely N-dealkylation sites (tertiary alicyclic amines) is 1. The molecule has 3 heterocycles. The molecule has 3 aliphatic heterocycles. The zero-order chi connectivity index (χ0) is 33.6. The minimum Gasteiger partial charge on any atom is -0.494 e. The van der Waals surface area contributed by atoms with Gasteiger partial charge in [-0.05, 0) is 56.0 Å². The van der Waals surface area contributed by atoms with Crippen LogP contribution in [0, 0.1) is 11.8 Å². The van der Waals surface area contributed by atoms with Gasteiger partial charge in [-0.15, -0.1) is 13.2 Å². The molecule has 3 saturated heterocycles. The van der Waals surface area contributed by atoms with Gasteiger partial charge >= 0.3 is 0 Å². The molecule has 1 N–H and O–H groups in total. The van der Waals surface area contributed by atoms with Crippen LogP contribution >= 0.6 is 15.9 Å². The van der Waals surface area contributed by atoms with Crippen LogP contribution < -0.4 is 9.64 Å². The quantitative estimate of drug-likeness (QED) is 0.139. The Morgan fingerprint density at radius 3 is 2.40 bits per heavy atom. The van der Waals surface area contributed by atoms with Crippen LogP contribution in [0.15, 0.2) is 79.9 Å². The van der Waals surface area contributed by atoms with Crippen LogP contribution in [0.1, 0.15) is 44.6 Å². The number of halogens is 1. The number of amides is 3. The van der Waals surface area contributed by atoms with E-state index in [2.05, 4.69) is 29.1 Å². The van der Waals surface area contributed by atoms with E-state index >= 15 is 0 Å². The zero-order valence-electron chi connectivity index (χ0n) is 27.1. The number of aliphatic hydroxyl groups excluding tert-OH is 1. The molecule has 0 radical (unpaired) electrons. The number of aliphatic hydroxyl groups is 1. The highest BCUT2D eigenvalue weighted by Gasteiger charge is 2.76. The Balaban J connectivity index is 1.50. The molecule has 47 heavy (non-hydrogen) atoms. The second-order valence-corrected chi connectivity index (χ2v) is 13.7. The van der Waals surface area contributed by atoms with Gasteiger partial charge in [-0.25, -0.2) is 0 Å². The number of hydrogen-bond donors (Lipinski definition) is 1. The number of anilines is 1. The van der Waals surface area contributed by atoms with Crippen molar-refractivity contribution >= 4 is 39.3 Å². The fourth-order valence-corrected chi connectivity index (χ4v) is 8.51. The van der Waals surface area contributed by atoms with E-state index in [1.54, 1.807) is 26.9 Å². The van der Waals surface area contributed by atoms with Gasteiger partial charge in [0, 0.05) is 43.3 Å². The number of ether oxygens (including phenoxy) is 2. The Labute approximate surface area is 286 Å². The van der Waals surface area contributed by atoms with E-state index in [-0.39, 0.29) is 35.7 Å². The fraction of sp³-hybridized carbons (Fsp3) is 0.486. The van der Waals surface area contributed by atoms with Gasteiger partial charge in [-0.2, -0.15) is 0 Å². The Hall–Kier alpha value is -3.47. The third-order valence-electron chi connectivity index (χ3n) is 9.53. The Morgan fingerprint density at radius 2 is 1.74 bits per heavy atom. The van der Waals surface area contributed by atoms with Gasteiger partial charge in [-0.1, -0.05) is 71.3 Å². The van der Waals surface area contributed by atoms with Crippen molar-refractivity contribution in [3.8, 4) is 5.75 Å². The van der Waals surface area contributed by atoms with E-state index in [0.717, 1.165) is 18.4 Å². The van der Waals surface area contributed by atoms with Crippen molar-refractivity contribution in [3.63, 3.8) is 0 Å². The molecule has 9 nitrogen and oxygen atoms in total. The van der Waals surface area contributed by atoms with Crippen molar-refractivity contribution in [1.82, 2.24) is 9.80 Å². The molecule has 0 aliphatic carbocycles. The van der Waals surface area contributed by atoms with E-state index in [1.165, 1.54) is 0 Å². The molecule has 3 aliphatic rings. The van der Waals surface area contributed by atoms with E-state index in [1.807, 2.05) is 61.5 Å². The van der Waals surface area contributed by atoms with E-state index in [0.29, 0.717) is 56.9 Å². The van der Waals surface area contributed by atoms with Crippen molar-refractivity contribution in [2.24, 2.45) is 11.8 Å². The summed E-state index contributed by atoms with van der Waals surface area (Å²) in [7, 11) is 0. The summed E-state index contributed by atoms with van der Waals surface area (Å²) in [6.45, 7) is 11.6. The van der Waals surface area contributed by atoms with Gasteiger partial charge in [0.25, 0.3) is 0 Å². The van der Waals surface area contributed by atoms with Crippen LogP contribution in [0.4, 0.5) is 5.69 Å². The average Bonchev–Trinajstić information content (AvgIpc) is 3.67. The van der Waals surface area contributed by atoms with Crippen LogP contribution in [0.5, 0.6) is 5.75 Å². The minimum atomic E-state index is -1.16. The van der Waals surface area contributed by atoms with Crippen LogP contribution in [0.2, 0.25) is 0 Å². The van der Waals surface area contributed by atoms with Crippen molar-refractivity contribution in [1.29, 1.82) is 0 Å². The fourth-order valence-electron chi connectivity index (χ4n) is 7.56. The molecule has 1 spiro atoms. The SMILES string of the molecule is C=CCN(Cc1ccccc1)C(=O)C1N(CCCCCCO)C(=O)[C@@H]2[C@@H](C(=O)N(CC=C)c3ccc(OCC)cc3)[C@@H]3OC12CC3Br. The largest absolute Gasteiger partial charge is 0.494 e. The number of carbonyl (C=O) groups excluding carboxylic acids is 3.